The predicted octanol–water partition coefficient (Wildman–Crippen LogP) is 1.73. The van der Waals surface area contributed by atoms with Crippen molar-refractivity contribution in [1.82, 2.24) is 9.97 Å². The van der Waals surface area contributed by atoms with Crippen molar-refractivity contribution < 1.29 is 19.4 Å². The molecule has 0 aliphatic rings. The molecule has 1 aromatic carbocycles. The van der Waals surface area contributed by atoms with Gasteiger partial charge >= 0.3 is 5.97 Å². The van der Waals surface area contributed by atoms with Crippen molar-refractivity contribution in [2.45, 2.75) is 23.9 Å². The molecule has 1 unspecified atom stereocenters. The summed E-state index contributed by atoms with van der Waals surface area (Å²) >= 11 is 1.10. The third-order valence-electron chi connectivity index (χ3n) is 3.12. The number of nitrogens with one attached hydrogen (secondary N) is 2. The highest BCUT2D eigenvalue weighted by molar-refractivity contribution is 8.00. The molecule has 0 bridgehead atoms. The highest BCUT2D eigenvalue weighted by Crippen LogP contribution is 2.20. The number of hydrogen-bond donors (Lipinski definition) is 3. The number of carboxylic acids is 1. The standard InChI is InChI=1S/C16H17N3O5S/c1-9(25-16-18-12(8-24-2)7-13(20)19-16)14(21)17-11-5-3-10(4-6-11)15(22)23/h3-7,9H,8H2,1-2H3,(H,17,21)(H,22,23)(H,18,19,20). The van der Waals surface area contributed by atoms with Gasteiger partial charge in [0.25, 0.3) is 5.56 Å². The molecule has 0 spiro atoms. The van der Waals surface area contributed by atoms with Crippen LogP contribution in [0.25, 0.3) is 0 Å². The van der Waals surface area contributed by atoms with E-state index in [1.165, 1.54) is 37.4 Å². The van der Waals surface area contributed by atoms with Crippen molar-refractivity contribution >= 4 is 29.3 Å². The Hall–Kier alpha value is -2.65. The van der Waals surface area contributed by atoms with Gasteiger partial charge in [0.05, 0.1) is 23.1 Å². The largest absolute Gasteiger partial charge is 0.478 e. The van der Waals surface area contributed by atoms with E-state index in [4.69, 9.17) is 9.84 Å². The molecule has 0 fully saturated rings. The molecule has 1 heterocycles. The number of carbonyl (C=O) groups excluding carboxylic acids is 1. The van der Waals surface area contributed by atoms with E-state index in [0.29, 0.717) is 16.5 Å². The van der Waals surface area contributed by atoms with E-state index in [2.05, 4.69) is 15.3 Å². The number of ether oxygens (including phenoxy) is 1. The molecule has 8 nitrogen and oxygen atoms in total. The lowest BCUT2D eigenvalue weighted by atomic mass is 10.2. The molecule has 2 rings (SSSR count). The number of nitrogens with zero attached hydrogens (tertiary/aromatic N) is 1. The Balaban J connectivity index is 2.02. The molecule has 0 saturated heterocycles. The minimum absolute atomic E-state index is 0.136. The number of H-pyrrole nitrogens is 1. The fourth-order valence-corrected chi connectivity index (χ4v) is 2.75. The first-order valence-electron chi connectivity index (χ1n) is 7.29. The van der Waals surface area contributed by atoms with Gasteiger partial charge in [-0.1, -0.05) is 11.8 Å². The molecule has 1 amide bonds. The van der Waals surface area contributed by atoms with Gasteiger partial charge in [-0.3, -0.25) is 9.59 Å². The van der Waals surface area contributed by atoms with Gasteiger partial charge in [0.2, 0.25) is 5.91 Å². The Morgan fingerprint density at radius 1 is 1.36 bits per heavy atom. The van der Waals surface area contributed by atoms with E-state index in [1.807, 2.05) is 0 Å². The summed E-state index contributed by atoms with van der Waals surface area (Å²) < 4.78 is 4.95. The zero-order valence-electron chi connectivity index (χ0n) is 13.6. The SMILES string of the molecule is COCc1cc(=O)[nH]c(SC(C)C(=O)Nc2ccc(C(=O)O)cc2)n1. The van der Waals surface area contributed by atoms with Crippen LogP contribution in [-0.4, -0.2) is 39.3 Å². The molecular formula is C16H17N3O5S. The maximum absolute atomic E-state index is 12.2. The monoisotopic (exact) mass is 363 g/mol. The van der Waals surface area contributed by atoms with Crippen LogP contribution in [0.3, 0.4) is 0 Å². The van der Waals surface area contributed by atoms with Crippen LogP contribution in [0.2, 0.25) is 0 Å². The number of benzene rings is 1. The molecule has 0 saturated carbocycles. The average Bonchev–Trinajstić information content (AvgIpc) is 2.55. The van der Waals surface area contributed by atoms with Gasteiger partial charge in [-0.15, -0.1) is 0 Å². The van der Waals surface area contributed by atoms with E-state index < -0.39 is 11.2 Å². The molecule has 25 heavy (non-hydrogen) atoms. The van der Waals surface area contributed by atoms with Crippen molar-refractivity contribution in [3.63, 3.8) is 0 Å². The number of anilines is 1. The summed E-state index contributed by atoms with van der Waals surface area (Å²) in [7, 11) is 1.50. The molecule has 3 N–H and O–H groups in total. The predicted molar refractivity (Wildman–Crippen MR) is 92.9 cm³/mol. The second-order valence-corrected chi connectivity index (χ2v) is 6.44. The zero-order valence-corrected chi connectivity index (χ0v) is 14.4. The average molecular weight is 363 g/mol. The Labute approximate surface area is 147 Å². The first-order chi connectivity index (χ1) is 11.9. The smallest absolute Gasteiger partial charge is 0.335 e. The summed E-state index contributed by atoms with van der Waals surface area (Å²) in [5.74, 6) is -1.33. The molecule has 132 valence electrons. The third kappa shape index (κ3) is 5.44. The van der Waals surface area contributed by atoms with Crippen LogP contribution < -0.4 is 10.9 Å². The van der Waals surface area contributed by atoms with E-state index in [0.717, 1.165) is 11.8 Å². The number of hydrogen-bond acceptors (Lipinski definition) is 6. The number of thioether (sulfide) groups is 1. The first-order valence-corrected chi connectivity index (χ1v) is 8.17. The molecular weight excluding hydrogens is 346 g/mol. The van der Waals surface area contributed by atoms with Gasteiger partial charge in [0.15, 0.2) is 5.16 Å². The van der Waals surface area contributed by atoms with Crippen molar-refractivity contribution in [2.75, 3.05) is 12.4 Å². The van der Waals surface area contributed by atoms with Gasteiger partial charge in [-0.05, 0) is 31.2 Å². The Kier molecular flexibility index (Phi) is 6.31. The molecule has 0 radical (unpaired) electrons. The number of carbonyl (C=O) groups is 2. The molecule has 9 heteroatoms. The number of methoxy groups -OCH3 is 1. The minimum atomic E-state index is -1.03. The second kappa shape index (κ2) is 8.45. The van der Waals surface area contributed by atoms with Crippen molar-refractivity contribution in [2.24, 2.45) is 0 Å². The number of rotatable bonds is 7. The summed E-state index contributed by atoms with van der Waals surface area (Å²) in [4.78, 5) is 41.4. The molecule has 0 aliphatic carbocycles. The topological polar surface area (TPSA) is 121 Å². The maximum atomic E-state index is 12.2. The summed E-state index contributed by atoms with van der Waals surface area (Å²) in [6, 6.07) is 7.17. The summed E-state index contributed by atoms with van der Waals surface area (Å²) in [6.07, 6.45) is 0. The van der Waals surface area contributed by atoms with Crippen LogP contribution in [0, 0.1) is 0 Å². The van der Waals surface area contributed by atoms with Crippen molar-refractivity contribution in [1.29, 1.82) is 0 Å². The Bertz CT molecular complexity index is 819. The molecule has 2 aromatic rings. The van der Waals surface area contributed by atoms with E-state index >= 15 is 0 Å². The van der Waals surface area contributed by atoms with Gasteiger partial charge in [-0.2, -0.15) is 0 Å². The molecule has 0 aliphatic heterocycles. The van der Waals surface area contributed by atoms with Gasteiger partial charge in [-0.25, -0.2) is 9.78 Å². The summed E-state index contributed by atoms with van der Waals surface area (Å²) in [5.41, 5.74) is 0.779. The highest BCUT2D eigenvalue weighted by Gasteiger charge is 2.16. The Morgan fingerprint density at radius 2 is 2.04 bits per heavy atom. The minimum Gasteiger partial charge on any atom is -0.478 e. The van der Waals surface area contributed by atoms with Crippen LogP contribution >= 0.6 is 11.8 Å². The van der Waals surface area contributed by atoms with Crippen LogP contribution in [-0.2, 0) is 16.1 Å². The lowest BCUT2D eigenvalue weighted by Crippen LogP contribution is -2.23. The van der Waals surface area contributed by atoms with E-state index in [-0.39, 0.29) is 23.6 Å². The van der Waals surface area contributed by atoms with Crippen LogP contribution in [0.4, 0.5) is 5.69 Å². The number of aromatic nitrogens is 2. The Morgan fingerprint density at radius 3 is 2.64 bits per heavy atom. The van der Waals surface area contributed by atoms with Gasteiger partial charge < -0.3 is 20.1 Å². The number of carboxylic acid groups (broad SMARTS) is 1. The first kappa shape index (κ1) is 18.7. The van der Waals surface area contributed by atoms with Gasteiger partial charge in [0, 0.05) is 18.9 Å². The van der Waals surface area contributed by atoms with Crippen LogP contribution in [0.1, 0.15) is 23.0 Å². The maximum Gasteiger partial charge on any atom is 0.335 e. The number of aromatic carboxylic acids is 1. The van der Waals surface area contributed by atoms with Crippen molar-refractivity contribution in [3.8, 4) is 0 Å². The lowest BCUT2D eigenvalue weighted by molar-refractivity contribution is -0.115. The zero-order chi connectivity index (χ0) is 18.4. The van der Waals surface area contributed by atoms with E-state index in [1.54, 1.807) is 6.92 Å². The summed E-state index contributed by atoms with van der Waals surface area (Å²) in [5, 5.41) is 11.3. The van der Waals surface area contributed by atoms with E-state index in [9.17, 15) is 14.4 Å². The summed E-state index contributed by atoms with van der Waals surface area (Å²) in [6.45, 7) is 1.88. The number of amides is 1. The quantitative estimate of drug-likeness (QED) is 0.506. The normalized spacial score (nSPS) is 11.8. The molecule has 1 aromatic heterocycles. The lowest BCUT2D eigenvalue weighted by Gasteiger charge is -2.12. The fraction of sp³-hybridized carbons (Fsp3) is 0.250. The number of aromatic amines is 1. The fourth-order valence-electron chi connectivity index (χ4n) is 1.92. The van der Waals surface area contributed by atoms with Crippen molar-refractivity contribution in [3.05, 3.63) is 51.9 Å². The second-order valence-electron chi connectivity index (χ2n) is 5.11. The van der Waals surface area contributed by atoms with Crippen LogP contribution in [0.15, 0.2) is 40.3 Å². The van der Waals surface area contributed by atoms with Gasteiger partial charge in [0.1, 0.15) is 0 Å². The molecule has 1 atom stereocenters. The third-order valence-corrected chi connectivity index (χ3v) is 4.11. The highest BCUT2D eigenvalue weighted by atomic mass is 32.2. The van der Waals surface area contributed by atoms with Crippen LogP contribution in [0.5, 0.6) is 0 Å².